The highest BCUT2D eigenvalue weighted by Crippen LogP contribution is 2.54. The van der Waals surface area contributed by atoms with Crippen LogP contribution in [0.25, 0.3) is 0 Å². The molecule has 0 radical (unpaired) electrons. The van der Waals surface area contributed by atoms with E-state index in [2.05, 4.69) is 10.2 Å². The van der Waals surface area contributed by atoms with Crippen molar-refractivity contribution < 1.29 is 24.8 Å². The Kier molecular flexibility index (Phi) is 4.82. The molecule has 2 nitrogen and oxygen atoms in total. The van der Waals surface area contributed by atoms with Gasteiger partial charge in [0.2, 0.25) is 0 Å². The van der Waals surface area contributed by atoms with Gasteiger partial charge in [-0.2, -0.15) is 0 Å². The van der Waals surface area contributed by atoms with Crippen LogP contribution in [0.2, 0.25) is 0 Å². The maximum absolute atomic E-state index is 4.19. The van der Waals surface area contributed by atoms with Crippen molar-refractivity contribution >= 4 is 0 Å². The molecule has 7 fully saturated rings. The summed E-state index contributed by atoms with van der Waals surface area (Å²) < 4.78 is 0. The highest BCUT2D eigenvalue weighted by Gasteiger charge is 2.49. The maximum atomic E-state index is 4.19. The first-order chi connectivity index (χ1) is 9.35. The molecule has 1 unspecified atom stereocenters. The van der Waals surface area contributed by atoms with E-state index < -0.39 is 0 Å². The van der Waals surface area contributed by atoms with Crippen molar-refractivity contribution in [2.45, 2.75) is 57.0 Å². The van der Waals surface area contributed by atoms with Gasteiger partial charge in [-0.1, -0.05) is 0 Å². The van der Waals surface area contributed by atoms with Crippen LogP contribution in [0, 0.1) is 29.6 Å². The van der Waals surface area contributed by atoms with Crippen molar-refractivity contribution in [3.8, 4) is 0 Å². The third-order valence-electron chi connectivity index (χ3n) is 7.29. The topological polar surface area (TPSA) is 15.3 Å². The number of piperidine rings is 3. The molecular weight excluding hydrogens is 303 g/mol. The van der Waals surface area contributed by atoms with Gasteiger partial charge in [0.15, 0.2) is 0 Å². The summed E-state index contributed by atoms with van der Waals surface area (Å²) in [6.07, 6.45) is 10.8. The summed E-state index contributed by atoms with van der Waals surface area (Å²) in [4.78, 5) is 2.70. The largest absolute Gasteiger partial charge is 1.00 e. The summed E-state index contributed by atoms with van der Waals surface area (Å²) in [6.45, 7) is 4.11. The average Bonchev–Trinajstić information content (AvgIpc) is 2.43. The van der Waals surface area contributed by atoms with Gasteiger partial charge in [0.05, 0.1) is 0 Å². The fourth-order valence-electron chi connectivity index (χ4n) is 6.60. The van der Waals surface area contributed by atoms with Gasteiger partial charge >= 0.3 is 0 Å². The third kappa shape index (κ3) is 2.75. The minimum absolute atomic E-state index is 0. The van der Waals surface area contributed by atoms with Gasteiger partial charge in [0.1, 0.15) is 0 Å². The van der Waals surface area contributed by atoms with E-state index in [0.717, 1.165) is 41.7 Å². The fourth-order valence-corrected chi connectivity index (χ4v) is 6.60. The normalized spacial score (nSPS) is 53.1. The lowest BCUT2D eigenvalue weighted by atomic mass is 9.54. The lowest BCUT2D eigenvalue weighted by Crippen LogP contribution is -3.00. The fraction of sp³-hybridized carbons (Fsp3) is 1.00. The molecule has 7 rings (SSSR count). The van der Waals surface area contributed by atoms with E-state index in [-0.39, 0.29) is 24.8 Å². The Labute approximate surface area is 141 Å². The van der Waals surface area contributed by atoms with Crippen LogP contribution in [0.15, 0.2) is 0 Å². The van der Waals surface area contributed by atoms with Crippen molar-refractivity contribution in [1.29, 1.82) is 0 Å². The highest BCUT2D eigenvalue weighted by atomic mass is 35.5. The zero-order chi connectivity index (χ0) is 12.4. The van der Waals surface area contributed by atoms with Crippen molar-refractivity contribution in [2.24, 2.45) is 29.6 Å². The lowest BCUT2D eigenvalue weighted by Gasteiger charge is -2.56. The molecule has 122 valence electrons. The molecule has 0 aromatic carbocycles. The standard InChI is InChI=1S/C17H28N2.2ClH/c1-3-19-4-2-13(1)16(10-19)18-17-14-6-11-5-12(8-14)9-15(17)7-11;;/h11-18H,1-10H2;2*1H/p-2. The number of rotatable bonds is 2. The quantitative estimate of drug-likeness (QED) is 0.565. The van der Waals surface area contributed by atoms with Crippen LogP contribution < -0.4 is 30.1 Å². The second-order valence-corrected chi connectivity index (χ2v) is 8.37. The van der Waals surface area contributed by atoms with Gasteiger partial charge in [-0.05, 0) is 87.6 Å². The Balaban J connectivity index is 0.000000661. The molecule has 6 bridgehead atoms. The van der Waals surface area contributed by atoms with Gasteiger partial charge in [-0.25, -0.2) is 0 Å². The SMILES string of the molecule is C1C2CC3CC1CC(C2)C3NC1CN2CCC1CC2.[Cl-].[Cl-]. The average molecular weight is 331 g/mol. The molecule has 0 spiro atoms. The highest BCUT2D eigenvalue weighted by molar-refractivity contribution is 5.03. The Morgan fingerprint density at radius 1 is 0.714 bits per heavy atom. The van der Waals surface area contributed by atoms with Crippen LogP contribution in [0.5, 0.6) is 0 Å². The molecule has 4 heteroatoms. The van der Waals surface area contributed by atoms with Crippen LogP contribution >= 0.6 is 0 Å². The molecule has 3 heterocycles. The summed E-state index contributed by atoms with van der Waals surface area (Å²) in [6, 6.07) is 1.74. The van der Waals surface area contributed by atoms with Crippen molar-refractivity contribution in [2.75, 3.05) is 19.6 Å². The van der Waals surface area contributed by atoms with Crippen molar-refractivity contribution in [3.05, 3.63) is 0 Å². The Hall–Kier alpha value is 0.500. The molecular formula is C17H28Cl2N2-2. The first-order valence-corrected chi connectivity index (χ1v) is 8.83. The summed E-state index contributed by atoms with van der Waals surface area (Å²) in [5.41, 5.74) is 0. The Bertz CT molecular complexity index is 340. The number of halogens is 2. The number of hydrogen-bond donors (Lipinski definition) is 1. The van der Waals surface area contributed by atoms with E-state index >= 15 is 0 Å². The number of fused-ring (bicyclic) bond motifs is 3. The number of nitrogens with one attached hydrogen (secondary N) is 1. The molecule has 4 aliphatic carbocycles. The summed E-state index contributed by atoms with van der Waals surface area (Å²) >= 11 is 0. The minimum atomic E-state index is 0. The molecule has 3 aliphatic heterocycles. The van der Waals surface area contributed by atoms with Gasteiger partial charge in [-0.15, -0.1) is 0 Å². The first kappa shape index (κ1) is 16.4. The molecule has 0 aromatic heterocycles. The van der Waals surface area contributed by atoms with Crippen LogP contribution in [0.4, 0.5) is 0 Å². The van der Waals surface area contributed by atoms with E-state index in [4.69, 9.17) is 0 Å². The van der Waals surface area contributed by atoms with Gasteiger partial charge < -0.3 is 35.0 Å². The minimum Gasteiger partial charge on any atom is -1.00 e. The Morgan fingerprint density at radius 3 is 1.76 bits per heavy atom. The number of nitrogens with zero attached hydrogens (tertiary/aromatic N) is 1. The lowest BCUT2D eigenvalue weighted by molar-refractivity contribution is -0.0318. The zero-order valence-electron chi connectivity index (χ0n) is 12.8. The number of hydrogen-bond acceptors (Lipinski definition) is 2. The van der Waals surface area contributed by atoms with Gasteiger partial charge in [0.25, 0.3) is 0 Å². The van der Waals surface area contributed by atoms with Crippen LogP contribution in [0.1, 0.15) is 44.9 Å². The van der Waals surface area contributed by atoms with Crippen molar-refractivity contribution in [1.82, 2.24) is 10.2 Å². The molecule has 0 amide bonds. The monoisotopic (exact) mass is 330 g/mol. The van der Waals surface area contributed by atoms with E-state index in [9.17, 15) is 0 Å². The second kappa shape index (κ2) is 6.19. The Morgan fingerprint density at radius 2 is 1.29 bits per heavy atom. The molecule has 4 saturated carbocycles. The van der Waals surface area contributed by atoms with Crippen LogP contribution in [0.3, 0.4) is 0 Å². The molecule has 7 aliphatic rings. The molecule has 0 aromatic rings. The molecule has 21 heavy (non-hydrogen) atoms. The molecule has 3 saturated heterocycles. The van der Waals surface area contributed by atoms with Crippen LogP contribution in [-0.2, 0) is 0 Å². The van der Waals surface area contributed by atoms with Gasteiger partial charge in [0, 0.05) is 18.6 Å². The smallest absolute Gasteiger partial charge is 0.0227 e. The van der Waals surface area contributed by atoms with E-state index in [1.54, 1.807) is 32.1 Å². The van der Waals surface area contributed by atoms with E-state index in [1.807, 2.05) is 0 Å². The van der Waals surface area contributed by atoms with Crippen molar-refractivity contribution in [3.63, 3.8) is 0 Å². The van der Waals surface area contributed by atoms with Gasteiger partial charge in [-0.3, -0.25) is 0 Å². The molecule has 1 atom stereocenters. The summed E-state index contributed by atoms with van der Waals surface area (Å²) in [7, 11) is 0. The third-order valence-corrected chi connectivity index (χ3v) is 7.29. The first-order valence-electron chi connectivity index (χ1n) is 8.83. The maximum Gasteiger partial charge on any atom is 0.0227 e. The molecule has 1 N–H and O–H groups in total. The van der Waals surface area contributed by atoms with Crippen LogP contribution in [-0.4, -0.2) is 36.6 Å². The zero-order valence-corrected chi connectivity index (χ0v) is 14.3. The predicted octanol–water partition coefficient (Wildman–Crippen LogP) is -3.50. The van der Waals surface area contributed by atoms with E-state index in [1.165, 1.54) is 32.5 Å². The van der Waals surface area contributed by atoms with E-state index in [0.29, 0.717) is 0 Å². The predicted molar refractivity (Wildman–Crippen MR) is 76.9 cm³/mol. The second-order valence-electron chi connectivity index (χ2n) is 8.37. The summed E-state index contributed by atoms with van der Waals surface area (Å²) in [5, 5.41) is 4.19. The summed E-state index contributed by atoms with van der Waals surface area (Å²) in [5.74, 6) is 5.33.